The van der Waals surface area contributed by atoms with Crippen LogP contribution in [0.1, 0.15) is 32.0 Å². The minimum Gasteiger partial charge on any atom is -0.481 e. The van der Waals surface area contributed by atoms with Gasteiger partial charge in [-0.05, 0) is 12.8 Å². The lowest BCUT2D eigenvalue weighted by Gasteiger charge is -2.10. The van der Waals surface area contributed by atoms with Crippen LogP contribution in [0.15, 0.2) is 5.16 Å². The zero-order chi connectivity index (χ0) is 15.2. The Kier molecular flexibility index (Phi) is 6.31. The van der Waals surface area contributed by atoms with Gasteiger partial charge < -0.3 is 9.67 Å². The first kappa shape index (κ1) is 16.8. The summed E-state index contributed by atoms with van der Waals surface area (Å²) in [7, 11) is 0. The first-order valence-electron chi connectivity index (χ1n) is 6.17. The Morgan fingerprint density at radius 1 is 1.40 bits per heavy atom. The minimum atomic E-state index is -4.19. The van der Waals surface area contributed by atoms with Gasteiger partial charge in [0.05, 0.1) is 5.75 Å². The quantitative estimate of drug-likeness (QED) is 0.748. The number of halogens is 3. The molecule has 1 aromatic rings. The Morgan fingerprint density at radius 3 is 2.65 bits per heavy atom. The van der Waals surface area contributed by atoms with E-state index >= 15 is 0 Å². The maximum Gasteiger partial charge on any atom is 0.389 e. The third-order valence-electron chi connectivity index (χ3n) is 2.43. The monoisotopic (exact) mass is 311 g/mol. The summed E-state index contributed by atoms with van der Waals surface area (Å²) in [6.45, 7) is 2.07. The molecule has 0 aliphatic heterocycles. The summed E-state index contributed by atoms with van der Waals surface area (Å²) < 4.78 is 38.1. The van der Waals surface area contributed by atoms with Gasteiger partial charge in [-0.1, -0.05) is 18.7 Å². The molecule has 0 saturated carbocycles. The van der Waals surface area contributed by atoms with Gasteiger partial charge in [-0.25, -0.2) is 0 Å². The highest BCUT2D eigenvalue weighted by Crippen LogP contribution is 2.23. The maximum atomic E-state index is 12.2. The molecule has 0 amide bonds. The van der Waals surface area contributed by atoms with Crippen LogP contribution >= 0.6 is 11.8 Å². The normalized spacial score (nSPS) is 11.8. The van der Waals surface area contributed by atoms with Crippen LogP contribution in [0.2, 0.25) is 0 Å². The van der Waals surface area contributed by atoms with Crippen LogP contribution in [0.5, 0.6) is 0 Å². The SMILES string of the molecule is CCCc1nnc(SCC(=O)O)n1CCCC(F)(F)F. The molecule has 9 heteroatoms. The minimum absolute atomic E-state index is 0.0705. The first-order valence-corrected chi connectivity index (χ1v) is 7.15. The molecule has 1 N–H and O–H groups in total. The van der Waals surface area contributed by atoms with Gasteiger partial charge in [-0.15, -0.1) is 10.2 Å². The van der Waals surface area contributed by atoms with Crippen LogP contribution in [-0.2, 0) is 17.8 Å². The number of aliphatic carboxylic acids is 1. The molecule has 0 aliphatic carbocycles. The van der Waals surface area contributed by atoms with Crippen LogP contribution in [0, 0.1) is 0 Å². The second-order valence-corrected chi connectivity index (χ2v) is 5.14. The average molecular weight is 311 g/mol. The number of nitrogens with zero attached hydrogens (tertiary/aromatic N) is 3. The number of aromatic nitrogens is 3. The highest BCUT2D eigenvalue weighted by Gasteiger charge is 2.26. The van der Waals surface area contributed by atoms with E-state index in [1.165, 1.54) is 0 Å². The molecule has 0 aliphatic rings. The summed E-state index contributed by atoms with van der Waals surface area (Å²) in [5.41, 5.74) is 0. The van der Waals surface area contributed by atoms with Crippen molar-refractivity contribution in [3.05, 3.63) is 5.82 Å². The van der Waals surface area contributed by atoms with Crippen LogP contribution < -0.4 is 0 Å². The predicted octanol–water partition coefficient (Wildman–Crippen LogP) is 2.75. The third kappa shape index (κ3) is 5.81. The van der Waals surface area contributed by atoms with Gasteiger partial charge in [-0.2, -0.15) is 13.2 Å². The standard InChI is InChI=1S/C11H16F3N3O2S/c1-2-4-8-15-16-10(20-7-9(18)19)17(8)6-3-5-11(12,13)14/h2-7H2,1H3,(H,18,19). The molecule has 0 bridgehead atoms. The molecule has 0 spiro atoms. The predicted molar refractivity (Wildman–Crippen MR) is 67.7 cm³/mol. The van der Waals surface area contributed by atoms with Crippen LogP contribution in [-0.4, -0.2) is 37.8 Å². The number of alkyl halides is 3. The van der Waals surface area contributed by atoms with E-state index in [4.69, 9.17) is 5.11 Å². The second-order valence-electron chi connectivity index (χ2n) is 4.20. The summed E-state index contributed by atoms with van der Waals surface area (Å²) >= 11 is 0.968. The average Bonchev–Trinajstić information content (AvgIpc) is 2.68. The van der Waals surface area contributed by atoms with Crippen molar-refractivity contribution in [2.24, 2.45) is 0 Å². The van der Waals surface area contributed by atoms with Crippen LogP contribution in [0.4, 0.5) is 13.2 Å². The van der Waals surface area contributed by atoms with E-state index in [-0.39, 0.29) is 18.7 Å². The fourth-order valence-corrected chi connectivity index (χ4v) is 2.33. The summed E-state index contributed by atoms with van der Waals surface area (Å²) in [6.07, 6.45) is -3.74. The van der Waals surface area contributed by atoms with E-state index in [1.807, 2.05) is 6.92 Å². The lowest BCUT2D eigenvalue weighted by atomic mass is 10.3. The highest BCUT2D eigenvalue weighted by atomic mass is 32.2. The molecule has 5 nitrogen and oxygen atoms in total. The molecule has 1 heterocycles. The summed E-state index contributed by atoms with van der Waals surface area (Å²) in [5, 5.41) is 16.8. The number of carboxylic acid groups (broad SMARTS) is 1. The fourth-order valence-electron chi connectivity index (χ4n) is 1.62. The highest BCUT2D eigenvalue weighted by molar-refractivity contribution is 7.99. The van der Waals surface area contributed by atoms with Crippen molar-refractivity contribution >= 4 is 17.7 Å². The van der Waals surface area contributed by atoms with Gasteiger partial charge in [0.1, 0.15) is 5.82 Å². The number of hydrogen-bond donors (Lipinski definition) is 1. The van der Waals surface area contributed by atoms with E-state index in [0.717, 1.165) is 18.2 Å². The van der Waals surface area contributed by atoms with Gasteiger partial charge >= 0.3 is 12.1 Å². The Morgan fingerprint density at radius 2 is 2.10 bits per heavy atom. The molecular weight excluding hydrogens is 295 g/mol. The maximum absolute atomic E-state index is 12.2. The number of carboxylic acids is 1. The third-order valence-corrected chi connectivity index (χ3v) is 3.39. The number of thioether (sulfide) groups is 1. The Labute approximate surface area is 118 Å². The number of rotatable bonds is 8. The summed E-state index contributed by atoms with van der Waals surface area (Å²) in [6, 6.07) is 0. The Balaban J connectivity index is 2.72. The topological polar surface area (TPSA) is 68.0 Å². The van der Waals surface area contributed by atoms with E-state index < -0.39 is 18.6 Å². The van der Waals surface area contributed by atoms with Crippen molar-refractivity contribution in [1.82, 2.24) is 14.8 Å². The fraction of sp³-hybridized carbons (Fsp3) is 0.727. The van der Waals surface area contributed by atoms with E-state index in [9.17, 15) is 18.0 Å². The largest absolute Gasteiger partial charge is 0.481 e. The second kappa shape index (κ2) is 7.51. The Hall–Kier alpha value is -1.25. The van der Waals surface area contributed by atoms with Crippen LogP contribution in [0.25, 0.3) is 0 Å². The lowest BCUT2D eigenvalue weighted by Crippen LogP contribution is -2.12. The van der Waals surface area contributed by atoms with Gasteiger partial charge in [0.25, 0.3) is 0 Å². The zero-order valence-corrected chi connectivity index (χ0v) is 11.8. The molecule has 0 unspecified atom stereocenters. The number of hydrogen-bond acceptors (Lipinski definition) is 4. The molecule has 0 saturated heterocycles. The zero-order valence-electron chi connectivity index (χ0n) is 11.0. The molecule has 0 radical (unpaired) electrons. The van der Waals surface area contributed by atoms with Crippen molar-refractivity contribution in [3.8, 4) is 0 Å². The molecule has 20 heavy (non-hydrogen) atoms. The van der Waals surface area contributed by atoms with E-state index in [1.54, 1.807) is 4.57 Å². The molecular formula is C11H16F3N3O2S. The molecule has 0 atom stereocenters. The van der Waals surface area contributed by atoms with Crippen molar-refractivity contribution in [2.45, 2.75) is 50.5 Å². The van der Waals surface area contributed by atoms with E-state index in [2.05, 4.69) is 10.2 Å². The number of aryl methyl sites for hydroxylation is 1. The molecule has 114 valence electrons. The number of carbonyl (C=O) groups is 1. The summed E-state index contributed by atoms with van der Waals surface area (Å²) in [5.74, 6) is -0.594. The van der Waals surface area contributed by atoms with Crippen molar-refractivity contribution in [1.29, 1.82) is 0 Å². The van der Waals surface area contributed by atoms with Crippen molar-refractivity contribution in [2.75, 3.05) is 5.75 Å². The van der Waals surface area contributed by atoms with Crippen molar-refractivity contribution in [3.63, 3.8) is 0 Å². The van der Waals surface area contributed by atoms with Gasteiger partial charge in [-0.3, -0.25) is 4.79 Å². The van der Waals surface area contributed by atoms with E-state index in [0.29, 0.717) is 17.4 Å². The van der Waals surface area contributed by atoms with Gasteiger partial charge in [0, 0.05) is 19.4 Å². The smallest absolute Gasteiger partial charge is 0.389 e. The van der Waals surface area contributed by atoms with Gasteiger partial charge in [0.2, 0.25) is 0 Å². The molecule has 0 aromatic carbocycles. The van der Waals surface area contributed by atoms with Gasteiger partial charge in [0.15, 0.2) is 5.16 Å². The summed E-state index contributed by atoms with van der Waals surface area (Å²) in [4.78, 5) is 10.5. The lowest BCUT2D eigenvalue weighted by molar-refractivity contribution is -0.136. The van der Waals surface area contributed by atoms with Crippen LogP contribution in [0.3, 0.4) is 0 Å². The molecule has 0 fully saturated rings. The molecule has 1 aromatic heterocycles. The Bertz CT molecular complexity index is 449. The first-order chi connectivity index (χ1) is 9.33. The van der Waals surface area contributed by atoms with Crippen molar-refractivity contribution < 1.29 is 23.1 Å². The molecule has 1 rings (SSSR count).